The molecule has 0 unspecified atom stereocenters. The van der Waals surface area contributed by atoms with Gasteiger partial charge in [-0.25, -0.2) is 0 Å². The highest BCUT2D eigenvalue weighted by molar-refractivity contribution is 5.67. The van der Waals surface area contributed by atoms with Gasteiger partial charge < -0.3 is 10.3 Å². The molecule has 1 heterocycles. The predicted octanol–water partition coefficient (Wildman–Crippen LogP) is 2.90. The van der Waals surface area contributed by atoms with Crippen molar-refractivity contribution in [2.24, 2.45) is 5.73 Å². The van der Waals surface area contributed by atoms with Crippen molar-refractivity contribution in [1.82, 2.24) is 10.1 Å². The first kappa shape index (κ1) is 12.6. The Kier molecular flexibility index (Phi) is 3.56. The van der Waals surface area contributed by atoms with E-state index in [-0.39, 0.29) is 0 Å². The molecule has 3 aromatic rings. The molecule has 0 saturated heterocycles. The van der Waals surface area contributed by atoms with Gasteiger partial charge in [-0.1, -0.05) is 59.8 Å². The molecule has 4 heteroatoms. The van der Waals surface area contributed by atoms with Crippen LogP contribution in [-0.2, 0) is 6.42 Å². The van der Waals surface area contributed by atoms with Gasteiger partial charge in [0.2, 0.25) is 11.7 Å². The summed E-state index contributed by atoms with van der Waals surface area (Å²) in [7, 11) is 0. The van der Waals surface area contributed by atoms with Crippen LogP contribution in [0.25, 0.3) is 22.5 Å². The van der Waals surface area contributed by atoms with E-state index in [2.05, 4.69) is 34.4 Å². The minimum absolute atomic E-state index is 0.509. The summed E-state index contributed by atoms with van der Waals surface area (Å²) >= 11 is 0. The highest BCUT2D eigenvalue weighted by atomic mass is 16.5. The van der Waals surface area contributed by atoms with Crippen molar-refractivity contribution < 1.29 is 4.52 Å². The fourth-order valence-corrected chi connectivity index (χ4v) is 2.04. The van der Waals surface area contributed by atoms with Crippen molar-refractivity contribution >= 4 is 0 Å². The molecule has 0 saturated carbocycles. The van der Waals surface area contributed by atoms with E-state index in [1.54, 1.807) is 0 Å². The summed E-state index contributed by atoms with van der Waals surface area (Å²) in [6.07, 6.45) is 0.606. The molecule has 2 N–H and O–H groups in total. The Balaban J connectivity index is 1.85. The van der Waals surface area contributed by atoms with Gasteiger partial charge in [-0.2, -0.15) is 4.98 Å². The van der Waals surface area contributed by atoms with Crippen LogP contribution in [0.2, 0.25) is 0 Å². The van der Waals surface area contributed by atoms with Gasteiger partial charge in [-0.3, -0.25) is 0 Å². The van der Waals surface area contributed by atoms with Crippen LogP contribution >= 0.6 is 0 Å². The summed E-state index contributed by atoms with van der Waals surface area (Å²) in [6.45, 7) is 0.509. The Morgan fingerprint density at radius 1 is 0.850 bits per heavy atom. The fourth-order valence-electron chi connectivity index (χ4n) is 2.04. The highest BCUT2D eigenvalue weighted by Gasteiger charge is 2.08. The Labute approximate surface area is 117 Å². The average molecular weight is 265 g/mol. The number of hydrogen-bond acceptors (Lipinski definition) is 4. The summed E-state index contributed by atoms with van der Waals surface area (Å²) in [5.41, 5.74) is 8.76. The second-order valence-electron chi connectivity index (χ2n) is 4.49. The normalized spacial score (nSPS) is 10.7. The maximum atomic E-state index is 5.46. The first-order valence-corrected chi connectivity index (χ1v) is 6.55. The number of nitrogens with two attached hydrogens (primary N) is 1. The molecule has 0 radical (unpaired) electrons. The number of aromatic nitrogens is 2. The summed E-state index contributed by atoms with van der Waals surface area (Å²) in [5, 5.41) is 3.97. The van der Waals surface area contributed by atoms with Gasteiger partial charge >= 0.3 is 0 Å². The van der Waals surface area contributed by atoms with Crippen LogP contribution in [-0.4, -0.2) is 16.7 Å². The molecule has 0 amide bonds. The third-order valence-electron chi connectivity index (χ3n) is 3.08. The van der Waals surface area contributed by atoms with Crippen LogP contribution < -0.4 is 5.73 Å². The SMILES string of the molecule is NCCc1nc(-c2ccc(-c3ccccc3)cc2)no1. The molecule has 0 atom stereocenters. The van der Waals surface area contributed by atoms with Crippen molar-refractivity contribution in [2.45, 2.75) is 6.42 Å². The lowest BCUT2D eigenvalue weighted by Gasteiger charge is -2.01. The second kappa shape index (κ2) is 5.67. The van der Waals surface area contributed by atoms with Crippen LogP contribution in [0.3, 0.4) is 0 Å². The van der Waals surface area contributed by atoms with E-state index in [4.69, 9.17) is 10.3 Å². The summed E-state index contributed by atoms with van der Waals surface area (Å²) in [6, 6.07) is 18.4. The number of hydrogen-bond donors (Lipinski definition) is 1. The first-order chi connectivity index (χ1) is 9.86. The first-order valence-electron chi connectivity index (χ1n) is 6.55. The van der Waals surface area contributed by atoms with E-state index in [0.717, 1.165) is 5.56 Å². The lowest BCUT2D eigenvalue weighted by Crippen LogP contribution is -2.02. The van der Waals surface area contributed by atoms with Crippen LogP contribution in [0.5, 0.6) is 0 Å². The number of nitrogens with zero attached hydrogens (tertiary/aromatic N) is 2. The van der Waals surface area contributed by atoms with Gasteiger partial charge in [0.15, 0.2) is 0 Å². The van der Waals surface area contributed by atoms with Crippen molar-refractivity contribution in [3.05, 3.63) is 60.5 Å². The lowest BCUT2D eigenvalue weighted by molar-refractivity contribution is 0.380. The van der Waals surface area contributed by atoms with Crippen LogP contribution in [0.15, 0.2) is 59.1 Å². The molecule has 0 aliphatic carbocycles. The van der Waals surface area contributed by atoms with Gasteiger partial charge in [0.05, 0.1) is 0 Å². The van der Waals surface area contributed by atoms with Gasteiger partial charge in [-0.05, 0) is 11.1 Å². The molecule has 0 aliphatic heterocycles. The second-order valence-corrected chi connectivity index (χ2v) is 4.49. The Morgan fingerprint density at radius 2 is 1.50 bits per heavy atom. The minimum Gasteiger partial charge on any atom is -0.339 e. The fraction of sp³-hybridized carbons (Fsp3) is 0.125. The van der Waals surface area contributed by atoms with Crippen molar-refractivity contribution in [1.29, 1.82) is 0 Å². The monoisotopic (exact) mass is 265 g/mol. The maximum Gasteiger partial charge on any atom is 0.228 e. The molecular formula is C16H15N3O. The molecule has 3 rings (SSSR count). The van der Waals surface area contributed by atoms with Crippen LogP contribution in [0.1, 0.15) is 5.89 Å². The van der Waals surface area contributed by atoms with Gasteiger partial charge in [0.25, 0.3) is 0 Å². The minimum atomic E-state index is 0.509. The summed E-state index contributed by atoms with van der Waals surface area (Å²) in [5.74, 6) is 1.18. The van der Waals surface area contributed by atoms with E-state index in [1.807, 2.05) is 30.3 Å². The zero-order valence-electron chi connectivity index (χ0n) is 11.0. The molecular weight excluding hydrogens is 250 g/mol. The maximum absolute atomic E-state index is 5.46. The Hall–Kier alpha value is -2.46. The smallest absolute Gasteiger partial charge is 0.228 e. The molecule has 20 heavy (non-hydrogen) atoms. The van der Waals surface area contributed by atoms with E-state index >= 15 is 0 Å². The third kappa shape index (κ3) is 2.60. The average Bonchev–Trinajstić information content (AvgIpc) is 2.97. The predicted molar refractivity (Wildman–Crippen MR) is 77.9 cm³/mol. The molecule has 0 spiro atoms. The van der Waals surface area contributed by atoms with Gasteiger partial charge in [0, 0.05) is 18.5 Å². The zero-order chi connectivity index (χ0) is 13.8. The van der Waals surface area contributed by atoms with Crippen molar-refractivity contribution in [3.8, 4) is 22.5 Å². The van der Waals surface area contributed by atoms with Crippen molar-refractivity contribution in [3.63, 3.8) is 0 Å². The number of rotatable bonds is 4. The van der Waals surface area contributed by atoms with E-state index in [0.29, 0.717) is 24.7 Å². The molecule has 0 fully saturated rings. The summed E-state index contributed by atoms with van der Waals surface area (Å²) < 4.78 is 5.13. The van der Waals surface area contributed by atoms with Crippen LogP contribution in [0.4, 0.5) is 0 Å². The molecule has 1 aromatic heterocycles. The molecule has 4 nitrogen and oxygen atoms in total. The van der Waals surface area contributed by atoms with Gasteiger partial charge in [0.1, 0.15) is 0 Å². The standard InChI is InChI=1S/C16H15N3O/c17-11-10-15-18-16(19-20-15)14-8-6-13(7-9-14)12-4-2-1-3-5-12/h1-9H,10-11,17H2. The quantitative estimate of drug-likeness (QED) is 0.787. The van der Waals surface area contributed by atoms with Gasteiger partial charge in [-0.15, -0.1) is 0 Å². The third-order valence-corrected chi connectivity index (χ3v) is 3.08. The lowest BCUT2D eigenvalue weighted by atomic mass is 10.0. The van der Waals surface area contributed by atoms with E-state index < -0.39 is 0 Å². The summed E-state index contributed by atoms with van der Waals surface area (Å²) in [4.78, 5) is 4.31. The van der Waals surface area contributed by atoms with E-state index in [1.165, 1.54) is 11.1 Å². The zero-order valence-corrected chi connectivity index (χ0v) is 11.0. The van der Waals surface area contributed by atoms with Crippen molar-refractivity contribution in [2.75, 3.05) is 6.54 Å². The van der Waals surface area contributed by atoms with E-state index in [9.17, 15) is 0 Å². The molecule has 100 valence electrons. The topological polar surface area (TPSA) is 64.9 Å². The number of benzene rings is 2. The molecule has 2 aromatic carbocycles. The molecule has 0 bridgehead atoms. The Bertz CT molecular complexity index is 674. The molecule has 0 aliphatic rings. The van der Waals surface area contributed by atoms with Crippen LogP contribution in [0, 0.1) is 0 Å². The highest BCUT2D eigenvalue weighted by Crippen LogP contribution is 2.23. The Morgan fingerprint density at radius 3 is 2.20 bits per heavy atom. The largest absolute Gasteiger partial charge is 0.339 e.